The largest absolute Gasteiger partial charge is 0.493 e. The Kier molecular flexibility index (Phi) is 7.10. The lowest BCUT2D eigenvalue weighted by atomic mass is 10.1. The van der Waals surface area contributed by atoms with E-state index < -0.39 is 10.0 Å². The van der Waals surface area contributed by atoms with Crippen LogP contribution in [0.2, 0.25) is 0 Å². The van der Waals surface area contributed by atoms with Crippen LogP contribution in [-0.4, -0.2) is 53.1 Å². The van der Waals surface area contributed by atoms with E-state index in [1.807, 2.05) is 19.9 Å². The highest BCUT2D eigenvalue weighted by atomic mass is 32.2. The van der Waals surface area contributed by atoms with E-state index in [1.54, 1.807) is 23.1 Å². The zero-order chi connectivity index (χ0) is 22.6. The summed E-state index contributed by atoms with van der Waals surface area (Å²) >= 11 is 0. The first-order chi connectivity index (χ1) is 14.8. The summed E-state index contributed by atoms with van der Waals surface area (Å²) in [6, 6.07) is 9.99. The van der Waals surface area contributed by atoms with Crippen LogP contribution in [-0.2, 0) is 14.8 Å². The Labute approximate surface area is 184 Å². The van der Waals surface area contributed by atoms with Gasteiger partial charge in [-0.15, -0.1) is 0 Å². The molecule has 0 unspecified atom stereocenters. The Balaban J connectivity index is 2.04. The van der Waals surface area contributed by atoms with Crippen molar-refractivity contribution in [2.24, 2.45) is 0 Å². The number of sulfonamides is 1. The molecule has 2 aromatic carbocycles. The van der Waals surface area contributed by atoms with E-state index in [4.69, 9.17) is 9.47 Å². The first-order valence-electron chi connectivity index (χ1n) is 10.4. The molecule has 1 fully saturated rings. The number of hydrogen-bond donors (Lipinski definition) is 0. The number of carbonyl (C=O) groups is 1. The molecule has 0 spiro atoms. The van der Waals surface area contributed by atoms with E-state index >= 15 is 0 Å². The van der Waals surface area contributed by atoms with E-state index in [0.29, 0.717) is 30.3 Å². The van der Waals surface area contributed by atoms with Crippen molar-refractivity contribution in [3.63, 3.8) is 0 Å². The van der Waals surface area contributed by atoms with Gasteiger partial charge in [0, 0.05) is 19.2 Å². The average Bonchev–Trinajstić information content (AvgIpc) is 2.76. The predicted octanol–water partition coefficient (Wildman–Crippen LogP) is 3.53. The number of rotatable bonds is 7. The zero-order valence-corrected chi connectivity index (χ0v) is 19.4. The molecule has 1 amide bonds. The van der Waals surface area contributed by atoms with Gasteiger partial charge in [0.25, 0.3) is 10.0 Å². The number of methoxy groups -OCH3 is 2. The van der Waals surface area contributed by atoms with Crippen LogP contribution in [0, 0.1) is 13.8 Å². The SMILES string of the molecule is COc1ccc(S(=O)(=O)N(CC(=O)N2CCCCC2)c2cc(C)cc(C)c2)cc1OC. The number of amides is 1. The van der Waals surface area contributed by atoms with E-state index in [-0.39, 0.29) is 17.3 Å². The van der Waals surface area contributed by atoms with Crippen molar-refractivity contribution in [2.75, 3.05) is 38.2 Å². The van der Waals surface area contributed by atoms with E-state index in [2.05, 4.69) is 0 Å². The number of ether oxygens (including phenoxy) is 2. The summed E-state index contributed by atoms with van der Waals surface area (Å²) < 4.78 is 39.1. The number of benzene rings is 2. The van der Waals surface area contributed by atoms with Gasteiger partial charge >= 0.3 is 0 Å². The Hall–Kier alpha value is -2.74. The summed E-state index contributed by atoms with van der Waals surface area (Å²) in [7, 11) is -1.08. The Morgan fingerprint density at radius 1 is 0.935 bits per heavy atom. The third-order valence-corrected chi connectivity index (χ3v) is 7.19. The molecule has 168 valence electrons. The number of piperidine rings is 1. The van der Waals surface area contributed by atoms with Crippen molar-refractivity contribution in [3.8, 4) is 11.5 Å². The second-order valence-corrected chi connectivity index (χ2v) is 9.68. The molecule has 3 rings (SSSR count). The monoisotopic (exact) mass is 446 g/mol. The maximum absolute atomic E-state index is 13.7. The second kappa shape index (κ2) is 9.60. The van der Waals surface area contributed by atoms with Gasteiger partial charge in [0.15, 0.2) is 11.5 Å². The minimum Gasteiger partial charge on any atom is -0.493 e. The zero-order valence-electron chi connectivity index (χ0n) is 18.6. The quantitative estimate of drug-likeness (QED) is 0.650. The fourth-order valence-corrected chi connectivity index (χ4v) is 5.29. The molecule has 0 radical (unpaired) electrons. The van der Waals surface area contributed by atoms with E-state index in [9.17, 15) is 13.2 Å². The third kappa shape index (κ3) is 5.12. The van der Waals surface area contributed by atoms with E-state index in [0.717, 1.165) is 30.4 Å². The van der Waals surface area contributed by atoms with Gasteiger partial charge in [-0.3, -0.25) is 9.10 Å². The van der Waals surface area contributed by atoms with Crippen molar-refractivity contribution in [1.29, 1.82) is 0 Å². The highest BCUT2D eigenvalue weighted by Crippen LogP contribution is 2.32. The molecule has 0 saturated carbocycles. The van der Waals surface area contributed by atoms with Crippen molar-refractivity contribution >= 4 is 21.6 Å². The first kappa shape index (κ1) is 22.9. The molecule has 31 heavy (non-hydrogen) atoms. The number of hydrogen-bond acceptors (Lipinski definition) is 5. The lowest BCUT2D eigenvalue weighted by Gasteiger charge is -2.31. The fraction of sp³-hybridized carbons (Fsp3) is 0.435. The second-order valence-electron chi connectivity index (χ2n) is 7.82. The van der Waals surface area contributed by atoms with Crippen LogP contribution in [0.1, 0.15) is 30.4 Å². The minimum atomic E-state index is -4.03. The van der Waals surface area contributed by atoms with Crippen LogP contribution in [0.15, 0.2) is 41.3 Å². The lowest BCUT2D eigenvalue weighted by molar-refractivity contribution is -0.130. The smallest absolute Gasteiger partial charge is 0.264 e. The maximum Gasteiger partial charge on any atom is 0.264 e. The minimum absolute atomic E-state index is 0.0377. The molecule has 1 saturated heterocycles. The highest BCUT2D eigenvalue weighted by molar-refractivity contribution is 7.92. The summed E-state index contributed by atoms with van der Waals surface area (Å²) in [5.74, 6) is 0.554. The van der Waals surface area contributed by atoms with Gasteiger partial charge in [-0.1, -0.05) is 6.07 Å². The van der Waals surface area contributed by atoms with Crippen molar-refractivity contribution in [1.82, 2.24) is 4.90 Å². The average molecular weight is 447 g/mol. The fourth-order valence-electron chi connectivity index (χ4n) is 3.88. The summed E-state index contributed by atoms with van der Waals surface area (Å²) in [5, 5.41) is 0. The van der Waals surface area contributed by atoms with Crippen LogP contribution in [0.25, 0.3) is 0 Å². The number of nitrogens with zero attached hydrogens (tertiary/aromatic N) is 2. The maximum atomic E-state index is 13.7. The van der Waals surface area contributed by atoms with Gasteiger partial charge in [0.1, 0.15) is 6.54 Å². The molecular weight excluding hydrogens is 416 g/mol. The highest BCUT2D eigenvalue weighted by Gasteiger charge is 2.30. The molecule has 7 nitrogen and oxygen atoms in total. The van der Waals surface area contributed by atoms with Gasteiger partial charge in [0.2, 0.25) is 5.91 Å². The van der Waals surface area contributed by atoms with Gasteiger partial charge < -0.3 is 14.4 Å². The van der Waals surface area contributed by atoms with Gasteiger partial charge in [-0.25, -0.2) is 8.42 Å². The number of likely N-dealkylation sites (tertiary alicyclic amines) is 1. The van der Waals surface area contributed by atoms with Crippen molar-refractivity contribution in [2.45, 2.75) is 38.0 Å². The molecule has 1 heterocycles. The standard InChI is InChI=1S/C23H30N2O5S/c1-17-12-18(2)14-19(13-17)25(16-23(26)24-10-6-5-7-11-24)31(27,28)20-8-9-21(29-3)22(15-20)30-4/h8-9,12-15H,5-7,10-11,16H2,1-4H3. The molecule has 1 aliphatic heterocycles. The lowest BCUT2D eigenvalue weighted by Crippen LogP contribution is -2.44. The van der Waals surface area contributed by atoms with Gasteiger partial charge in [0.05, 0.1) is 24.8 Å². The Morgan fingerprint density at radius 2 is 1.55 bits per heavy atom. The van der Waals surface area contributed by atoms with Crippen molar-refractivity contribution < 1.29 is 22.7 Å². The molecular formula is C23H30N2O5S. The predicted molar refractivity (Wildman–Crippen MR) is 120 cm³/mol. The third-order valence-electron chi connectivity index (χ3n) is 5.43. The summed E-state index contributed by atoms with van der Waals surface area (Å²) in [5.41, 5.74) is 2.32. The molecule has 0 N–H and O–H groups in total. The molecule has 0 aromatic heterocycles. The van der Waals surface area contributed by atoms with Gasteiger partial charge in [-0.05, 0) is 68.5 Å². The molecule has 0 aliphatic carbocycles. The number of carbonyl (C=O) groups excluding carboxylic acids is 1. The molecule has 0 atom stereocenters. The number of anilines is 1. The molecule has 8 heteroatoms. The van der Waals surface area contributed by atoms with Crippen molar-refractivity contribution in [3.05, 3.63) is 47.5 Å². The van der Waals surface area contributed by atoms with E-state index in [1.165, 1.54) is 30.7 Å². The summed E-state index contributed by atoms with van der Waals surface area (Å²) in [6.45, 7) is 4.89. The normalized spacial score (nSPS) is 14.3. The Morgan fingerprint density at radius 3 is 2.13 bits per heavy atom. The molecule has 1 aliphatic rings. The summed E-state index contributed by atoms with van der Waals surface area (Å²) in [4.78, 5) is 14.8. The van der Waals surface area contributed by atoms with Crippen LogP contribution in [0.4, 0.5) is 5.69 Å². The molecule has 0 bridgehead atoms. The summed E-state index contributed by atoms with van der Waals surface area (Å²) in [6.07, 6.45) is 2.98. The Bertz CT molecular complexity index is 1030. The van der Waals surface area contributed by atoms with Crippen LogP contribution in [0.5, 0.6) is 11.5 Å². The molecule has 2 aromatic rings. The van der Waals surface area contributed by atoms with Crippen LogP contribution in [0.3, 0.4) is 0 Å². The van der Waals surface area contributed by atoms with Gasteiger partial charge in [-0.2, -0.15) is 0 Å². The van der Waals surface area contributed by atoms with Crippen LogP contribution >= 0.6 is 0 Å². The topological polar surface area (TPSA) is 76.2 Å². The first-order valence-corrected chi connectivity index (χ1v) is 11.8. The van der Waals surface area contributed by atoms with Crippen LogP contribution < -0.4 is 13.8 Å². The number of aryl methyl sites for hydroxylation is 2.